The first kappa shape index (κ1) is 33.5. The fourth-order valence-corrected chi connectivity index (χ4v) is 7.46. The van der Waals surface area contributed by atoms with Crippen LogP contribution < -0.4 is 26.7 Å². The normalized spacial score (nSPS) is 25.4. The van der Waals surface area contributed by atoms with Gasteiger partial charge in [-0.05, 0) is 75.6 Å². The van der Waals surface area contributed by atoms with Crippen LogP contribution in [0, 0.1) is 11.8 Å². The molecule has 6 rings (SSSR count). The number of dihydropyridines is 1. The lowest BCUT2D eigenvalue weighted by Gasteiger charge is -2.51. The second-order valence-corrected chi connectivity index (χ2v) is 13.7. The Morgan fingerprint density at radius 2 is 2.06 bits per heavy atom. The molecular weight excluding hydrogens is 612 g/mol. The van der Waals surface area contributed by atoms with Crippen LogP contribution in [0.4, 0.5) is 0 Å². The number of ether oxygens (including phenoxy) is 2. The molecule has 2 aromatic rings. The summed E-state index contributed by atoms with van der Waals surface area (Å²) in [6.07, 6.45) is 9.58. The largest absolute Gasteiger partial charge is 0.481 e. The van der Waals surface area contributed by atoms with E-state index in [1.54, 1.807) is 26.0 Å². The Labute approximate surface area is 280 Å². The van der Waals surface area contributed by atoms with E-state index in [0.717, 1.165) is 41.7 Å². The lowest BCUT2D eigenvalue weighted by Crippen LogP contribution is -2.63. The molecule has 11 nitrogen and oxygen atoms in total. The number of fused-ring (bicyclic) bond motifs is 2. The van der Waals surface area contributed by atoms with Gasteiger partial charge < -0.3 is 40.3 Å². The highest BCUT2D eigenvalue weighted by atomic mass is 16.6. The van der Waals surface area contributed by atoms with Crippen molar-refractivity contribution in [2.45, 2.75) is 64.1 Å². The molecule has 1 amide bonds. The molecule has 1 spiro atoms. The summed E-state index contributed by atoms with van der Waals surface area (Å²) < 4.78 is 19.1. The number of likely N-dealkylation sites (tertiary alicyclic amines) is 1. The minimum absolute atomic E-state index is 0.0241. The molecule has 3 atom stereocenters. The van der Waals surface area contributed by atoms with Crippen LogP contribution in [0.2, 0.25) is 0 Å². The van der Waals surface area contributed by atoms with Crippen molar-refractivity contribution in [1.29, 1.82) is 0 Å². The third-order valence-electron chi connectivity index (χ3n) is 10.4. The fraction of sp³-hybridized carbons (Fsp3) is 0.486. The van der Waals surface area contributed by atoms with Gasteiger partial charge in [0.25, 0.3) is 0 Å². The molecule has 1 saturated heterocycles. The highest BCUT2D eigenvalue weighted by Crippen LogP contribution is 2.54. The van der Waals surface area contributed by atoms with Gasteiger partial charge in [-0.2, -0.15) is 0 Å². The maximum absolute atomic E-state index is 13.5. The van der Waals surface area contributed by atoms with Crippen molar-refractivity contribution in [2.75, 3.05) is 39.8 Å². The van der Waals surface area contributed by atoms with Gasteiger partial charge in [-0.15, -0.1) is 0 Å². The number of aliphatic hydroxyl groups is 1. The number of nitrogens with two attached hydrogens (primary N) is 1. The predicted octanol–water partition coefficient (Wildman–Crippen LogP) is 3.00. The Morgan fingerprint density at radius 1 is 1.27 bits per heavy atom. The average molecular weight is 659 g/mol. The molecule has 1 aromatic carbocycles. The molecule has 4 aliphatic rings. The van der Waals surface area contributed by atoms with Crippen LogP contribution >= 0.6 is 0 Å². The van der Waals surface area contributed by atoms with E-state index in [9.17, 15) is 19.5 Å². The first-order valence-corrected chi connectivity index (χ1v) is 16.8. The number of hydrogen-bond acceptors (Lipinski definition) is 10. The first-order chi connectivity index (χ1) is 23.0. The van der Waals surface area contributed by atoms with Gasteiger partial charge in [0.1, 0.15) is 11.3 Å². The maximum atomic E-state index is 13.5. The summed E-state index contributed by atoms with van der Waals surface area (Å²) in [6, 6.07) is 5.52. The van der Waals surface area contributed by atoms with Crippen LogP contribution in [0.3, 0.4) is 0 Å². The van der Waals surface area contributed by atoms with Gasteiger partial charge in [0.15, 0.2) is 11.2 Å². The summed E-state index contributed by atoms with van der Waals surface area (Å²) in [7, 11) is 1.92. The fourth-order valence-electron chi connectivity index (χ4n) is 7.46. The van der Waals surface area contributed by atoms with E-state index in [2.05, 4.69) is 16.7 Å². The molecule has 1 aromatic heterocycles. The van der Waals surface area contributed by atoms with Crippen molar-refractivity contribution in [3.63, 3.8) is 0 Å². The molecule has 256 valence electrons. The quantitative estimate of drug-likeness (QED) is 0.130. The van der Waals surface area contributed by atoms with E-state index in [1.807, 2.05) is 43.2 Å². The van der Waals surface area contributed by atoms with Crippen molar-refractivity contribution < 1.29 is 28.6 Å². The Balaban J connectivity index is 1.43. The predicted molar refractivity (Wildman–Crippen MR) is 182 cm³/mol. The average Bonchev–Trinajstić information content (AvgIpc) is 3.41. The highest BCUT2D eigenvalue weighted by molar-refractivity contribution is 5.88. The summed E-state index contributed by atoms with van der Waals surface area (Å²) in [4.78, 5) is 41.6. The van der Waals surface area contributed by atoms with Crippen molar-refractivity contribution in [2.24, 2.45) is 17.6 Å². The number of amides is 1. The molecule has 0 radical (unpaired) electrons. The molecular formula is C37H46N4O7. The SMILES string of the molecule is CC=C(C)C(=O)OC1(C)CC=CC(C2=C(CC(=O)N3CC(CNC)C3)CNC(N)=C2)C12Cc1cc3cc(CCCO)c(=O)oc3cc1O2. The van der Waals surface area contributed by atoms with Crippen LogP contribution in [-0.2, 0) is 27.2 Å². The number of rotatable bonds is 10. The number of esters is 1. The van der Waals surface area contributed by atoms with Crippen LogP contribution in [0.15, 0.2) is 74.3 Å². The van der Waals surface area contributed by atoms with Crippen molar-refractivity contribution >= 4 is 22.8 Å². The van der Waals surface area contributed by atoms with Crippen molar-refractivity contribution in [1.82, 2.24) is 15.5 Å². The van der Waals surface area contributed by atoms with Crippen LogP contribution in [-0.4, -0.2) is 72.9 Å². The molecule has 1 fully saturated rings. The third kappa shape index (κ3) is 6.05. The zero-order chi connectivity index (χ0) is 34.2. The number of carbonyl (C=O) groups excluding carboxylic acids is 2. The van der Waals surface area contributed by atoms with E-state index >= 15 is 0 Å². The van der Waals surface area contributed by atoms with E-state index in [4.69, 9.17) is 19.6 Å². The number of nitrogens with zero attached hydrogens (tertiary/aromatic N) is 1. The van der Waals surface area contributed by atoms with E-state index in [0.29, 0.717) is 66.4 Å². The number of nitrogens with one attached hydrogen (secondary N) is 2. The standard InChI is InChI=1S/C37H46N4O7/c1-5-22(2)34(44)48-36(3)10-6-9-29(28-15-32(38)40-19-27(28)14-33(43)41-20-23(21-41)18-39-4)37(36)17-26-13-25-12-24(8-7-11-42)35(45)46-30(25)16-31(26)47-37/h5-6,9,12-13,15-16,23,29,39-40,42H,7-8,10-11,14,17-21,38H2,1-4H3. The summed E-state index contributed by atoms with van der Waals surface area (Å²) in [6.45, 7) is 8.13. The van der Waals surface area contributed by atoms with Crippen LogP contribution in [0.5, 0.6) is 5.75 Å². The summed E-state index contributed by atoms with van der Waals surface area (Å²) in [5.41, 5.74) is 7.72. The Hall–Kier alpha value is -4.35. The van der Waals surface area contributed by atoms with Gasteiger partial charge in [0.05, 0.1) is 12.2 Å². The van der Waals surface area contributed by atoms with Gasteiger partial charge in [-0.25, -0.2) is 9.59 Å². The molecule has 3 aliphatic heterocycles. The monoisotopic (exact) mass is 658 g/mol. The lowest BCUT2D eigenvalue weighted by molar-refractivity contribution is -0.185. The summed E-state index contributed by atoms with van der Waals surface area (Å²) >= 11 is 0. The molecule has 48 heavy (non-hydrogen) atoms. The Bertz CT molecular complexity index is 1800. The number of hydrogen-bond donors (Lipinski definition) is 4. The topological polar surface area (TPSA) is 156 Å². The van der Waals surface area contributed by atoms with E-state index in [1.165, 1.54) is 0 Å². The molecule has 0 saturated carbocycles. The van der Waals surface area contributed by atoms with Crippen LogP contribution in [0.25, 0.3) is 11.0 Å². The highest BCUT2D eigenvalue weighted by Gasteiger charge is 2.62. The first-order valence-electron chi connectivity index (χ1n) is 16.8. The van der Waals surface area contributed by atoms with Crippen LogP contribution in [0.1, 0.15) is 51.2 Å². The van der Waals surface area contributed by atoms with Gasteiger partial charge in [0.2, 0.25) is 5.91 Å². The second kappa shape index (κ2) is 13.3. The van der Waals surface area contributed by atoms with E-state index < -0.39 is 28.7 Å². The summed E-state index contributed by atoms with van der Waals surface area (Å²) in [5, 5.41) is 16.5. The smallest absolute Gasteiger partial charge is 0.339 e. The number of aryl methyl sites for hydroxylation is 1. The number of aliphatic hydroxyl groups excluding tert-OH is 1. The maximum Gasteiger partial charge on any atom is 0.339 e. The van der Waals surface area contributed by atoms with Gasteiger partial charge >= 0.3 is 11.6 Å². The van der Waals surface area contributed by atoms with Crippen molar-refractivity contribution in [3.8, 4) is 5.75 Å². The van der Waals surface area contributed by atoms with Gasteiger partial charge in [-0.3, -0.25) is 4.79 Å². The summed E-state index contributed by atoms with van der Waals surface area (Å²) in [5.74, 6) is 0.663. The molecule has 3 unspecified atom stereocenters. The Morgan fingerprint density at radius 3 is 2.79 bits per heavy atom. The van der Waals surface area contributed by atoms with Gasteiger partial charge in [0, 0.05) is 80.1 Å². The molecule has 11 heteroatoms. The van der Waals surface area contributed by atoms with E-state index in [-0.39, 0.29) is 18.9 Å². The van der Waals surface area contributed by atoms with Gasteiger partial charge in [-0.1, -0.05) is 18.2 Å². The Kier molecular flexibility index (Phi) is 9.28. The van der Waals surface area contributed by atoms with Crippen molar-refractivity contribution in [3.05, 3.63) is 86.6 Å². The zero-order valence-corrected chi connectivity index (χ0v) is 28.2. The molecule has 0 bridgehead atoms. The zero-order valence-electron chi connectivity index (χ0n) is 28.2. The second-order valence-electron chi connectivity index (χ2n) is 13.7. The minimum atomic E-state index is -1.13. The molecule has 5 N–H and O–H groups in total. The molecule has 1 aliphatic carbocycles. The third-order valence-corrected chi connectivity index (χ3v) is 10.4. The molecule has 4 heterocycles. The lowest BCUT2D eigenvalue weighted by atomic mass is 9.63. The number of benzene rings is 1. The number of carbonyl (C=O) groups is 2. The number of allylic oxidation sites excluding steroid dienone is 2. The minimum Gasteiger partial charge on any atom is -0.481 e.